The molecule has 2 aliphatic rings. The third-order valence-corrected chi connectivity index (χ3v) is 3.24. The zero-order valence-corrected chi connectivity index (χ0v) is 12.4. The highest BCUT2D eigenvalue weighted by molar-refractivity contribution is 5.92. The Balaban J connectivity index is 2.03. The molecule has 0 aromatic carbocycles. The van der Waals surface area contributed by atoms with Crippen molar-refractivity contribution < 1.29 is 33.6 Å². The van der Waals surface area contributed by atoms with E-state index in [1.807, 2.05) is 6.92 Å². The first-order valence-electron chi connectivity index (χ1n) is 7.00. The summed E-state index contributed by atoms with van der Waals surface area (Å²) >= 11 is 0. The molecule has 7 nitrogen and oxygen atoms in total. The molecule has 2 atom stereocenters. The Bertz CT molecular complexity index is 466. The lowest BCUT2D eigenvalue weighted by Crippen LogP contribution is -2.32. The average molecular weight is 300 g/mol. The molecule has 0 bridgehead atoms. The predicted octanol–water partition coefficient (Wildman–Crippen LogP) is 1.57. The van der Waals surface area contributed by atoms with E-state index in [0.717, 1.165) is 6.42 Å². The van der Waals surface area contributed by atoms with Gasteiger partial charge in [0.25, 0.3) is 5.76 Å². The van der Waals surface area contributed by atoms with Gasteiger partial charge in [0.1, 0.15) is 6.10 Å². The van der Waals surface area contributed by atoms with E-state index in [1.54, 1.807) is 13.8 Å². The highest BCUT2D eigenvalue weighted by Crippen LogP contribution is 2.32. The van der Waals surface area contributed by atoms with Crippen molar-refractivity contribution >= 4 is 11.9 Å². The van der Waals surface area contributed by atoms with Crippen molar-refractivity contribution in [3.05, 3.63) is 11.5 Å². The fourth-order valence-corrected chi connectivity index (χ4v) is 2.15. The minimum atomic E-state index is -1.01. The van der Waals surface area contributed by atoms with Crippen molar-refractivity contribution in [2.45, 2.75) is 58.0 Å². The lowest BCUT2D eigenvalue weighted by Gasteiger charge is -2.19. The largest absolute Gasteiger partial charge is 0.505 e. The molecule has 1 N–H and O–H groups in total. The Morgan fingerprint density at radius 1 is 1.48 bits per heavy atom. The van der Waals surface area contributed by atoms with E-state index in [4.69, 9.17) is 18.9 Å². The molecule has 0 amide bonds. The summed E-state index contributed by atoms with van der Waals surface area (Å²) < 4.78 is 20.8. The summed E-state index contributed by atoms with van der Waals surface area (Å²) in [5, 5.41) is 10.0. The summed E-state index contributed by atoms with van der Waals surface area (Å²) in [4.78, 5) is 23.3. The molecule has 1 saturated heterocycles. The topological polar surface area (TPSA) is 91.3 Å². The molecule has 0 saturated carbocycles. The summed E-state index contributed by atoms with van der Waals surface area (Å²) in [7, 11) is 0. The molecule has 2 rings (SSSR count). The molecule has 1 fully saturated rings. The van der Waals surface area contributed by atoms with Crippen molar-refractivity contribution in [2.24, 2.45) is 0 Å². The number of carbonyl (C=O) groups excluding carboxylic acids is 2. The second-order valence-electron chi connectivity index (χ2n) is 5.49. The van der Waals surface area contributed by atoms with Crippen LogP contribution in [-0.2, 0) is 28.5 Å². The molecule has 0 aromatic heterocycles. The van der Waals surface area contributed by atoms with Crippen LogP contribution in [0.4, 0.5) is 0 Å². The van der Waals surface area contributed by atoms with Crippen LogP contribution in [0, 0.1) is 0 Å². The number of aliphatic hydroxyl groups is 1. The third kappa shape index (κ3) is 3.54. The predicted molar refractivity (Wildman–Crippen MR) is 70.1 cm³/mol. The molecular weight excluding hydrogens is 280 g/mol. The summed E-state index contributed by atoms with van der Waals surface area (Å²) in [5.41, 5.74) is 0. The van der Waals surface area contributed by atoms with Gasteiger partial charge >= 0.3 is 11.9 Å². The van der Waals surface area contributed by atoms with E-state index in [2.05, 4.69) is 0 Å². The Kier molecular flexibility index (Phi) is 4.53. The van der Waals surface area contributed by atoms with E-state index in [1.165, 1.54) is 0 Å². The minimum absolute atomic E-state index is 0.173. The lowest BCUT2D eigenvalue weighted by molar-refractivity contribution is -0.164. The number of rotatable bonds is 5. The van der Waals surface area contributed by atoms with Gasteiger partial charge in [-0.25, -0.2) is 4.79 Å². The molecule has 0 aliphatic carbocycles. The quantitative estimate of drug-likeness (QED) is 0.770. The first-order chi connectivity index (χ1) is 9.84. The SMILES string of the molecule is CCCCC(=O)OC1=C(O)[C@@H]([C@@H]2COC(C)(C)O2)OC1=O. The number of cyclic esters (lactones) is 1. The van der Waals surface area contributed by atoms with Crippen LogP contribution in [-0.4, -0.2) is 41.6 Å². The number of esters is 2. The maximum absolute atomic E-state index is 11.7. The van der Waals surface area contributed by atoms with Crippen molar-refractivity contribution in [2.75, 3.05) is 6.61 Å². The average Bonchev–Trinajstić information content (AvgIpc) is 2.90. The molecular formula is C14H20O7. The van der Waals surface area contributed by atoms with Crippen LogP contribution in [0.5, 0.6) is 0 Å². The normalized spacial score (nSPS) is 27.9. The van der Waals surface area contributed by atoms with Crippen LogP contribution in [0.2, 0.25) is 0 Å². The first kappa shape index (κ1) is 15.8. The van der Waals surface area contributed by atoms with Gasteiger partial charge < -0.3 is 24.1 Å². The fourth-order valence-electron chi connectivity index (χ4n) is 2.15. The summed E-state index contributed by atoms with van der Waals surface area (Å²) in [5.74, 6) is -3.11. The molecule has 2 heterocycles. The molecule has 21 heavy (non-hydrogen) atoms. The van der Waals surface area contributed by atoms with Crippen LogP contribution in [0.15, 0.2) is 11.5 Å². The highest BCUT2D eigenvalue weighted by Gasteiger charge is 2.47. The molecule has 0 unspecified atom stereocenters. The van der Waals surface area contributed by atoms with Gasteiger partial charge in [0.05, 0.1) is 6.61 Å². The number of hydrogen-bond donors (Lipinski definition) is 1. The Morgan fingerprint density at radius 2 is 2.19 bits per heavy atom. The summed E-state index contributed by atoms with van der Waals surface area (Å²) in [6.07, 6.45) is 0.0275. The van der Waals surface area contributed by atoms with Crippen LogP contribution < -0.4 is 0 Å². The smallest absolute Gasteiger partial charge is 0.378 e. The monoisotopic (exact) mass is 300 g/mol. The minimum Gasteiger partial charge on any atom is -0.505 e. The second kappa shape index (κ2) is 6.03. The Labute approximate surface area is 122 Å². The second-order valence-corrected chi connectivity index (χ2v) is 5.49. The van der Waals surface area contributed by atoms with Gasteiger partial charge in [-0.2, -0.15) is 0 Å². The zero-order chi connectivity index (χ0) is 15.6. The molecule has 0 aromatic rings. The van der Waals surface area contributed by atoms with Gasteiger partial charge in [0, 0.05) is 6.42 Å². The van der Waals surface area contributed by atoms with Gasteiger partial charge in [-0.05, 0) is 20.3 Å². The number of unbranched alkanes of at least 4 members (excludes halogenated alkanes) is 1. The van der Waals surface area contributed by atoms with Crippen LogP contribution in [0.3, 0.4) is 0 Å². The van der Waals surface area contributed by atoms with E-state index in [9.17, 15) is 14.7 Å². The van der Waals surface area contributed by atoms with Crippen LogP contribution in [0.1, 0.15) is 40.0 Å². The standard InChI is InChI=1S/C14H20O7/c1-4-5-6-9(15)19-12-10(16)11(20-13(12)17)8-7-18-14(2,3)21-8/h8,11,16H,4-7H2,1-3H3/t8-,11+/m0/s1. The first-order valence-corrected chi connectivity index (χ1v) is 7.00. The van der Waals surface area contributed by atoms with E-state index in [-0.39, 0.29) is 13.0 Å². The van der Waals surface area contributed by atoms with Crippen molar-refractivity contribution in [3.8, 4) is 0 Å². The van der Waals surface area contributed by atoms with Gasteiger partial charge in [-0.15, -0.1) is 0 Å². The van der Waals surface area contributed by atoms with E-state index >= 15 is 0 Å². The van der Waals surface area contributed by atoms with Gasteiger partial charge in [0.15, 0.2) is 17.7 Å². The number of ether oxygens (including phenoxy) is 4. The summed E-state index contributed by atoms with van der Waals surface area (Å²) in [6.45, 7) is 5.54. The Morgan fingerprint density at radius 3 is 2.76 bits per heavy atom. The van der Waals surface area contributed by atoms with E-state index < -0.39 is 41.5 Å². The van der Waals surface area contributed by atoms with E-state index in [0.29, 0.717) is 6.42 Å². The third-order valence-electron chi connectivity index (χ3n) is 3.24. The van der Waals surface area contributed by atoms with Gasteiger partial charge in [0.2, 0.25) is 0 Å². The zero-order valence-electron chi connectivity index (χ0n) is 12.4. The van der Waals surface area contributed by atoms with Crippen molar-refractivity contribution in [3.63, 3.8) is 0 Å². The Hall–Kier alpha value is -1.60. The molecule has 0 radical (unpaired) electrons. The highest BCUT2D eigenvalue weighted by atomic mass is 16.8. The molecule has 7 heteroatoms. The summed E-state index contributed by atoms with van der Waals surface area (Å²) in [6, 6.07) is 0. The molecule has 118 valence electrons. The van der Waals surface area contributed by atoms with Gasteiger partial charge in [-0.3, -0.25) is 4.79 Å². The molecule has 0 spiro atoms. The van der Waals surface area contributed by atoms with Crippen molar-refractivity contribution in [1.82, 2.24) is 0 Å². The van der Waals surface area contributed by atoms with Crippen LogP contribution in [0.25, 0.3) is 0 Å². The number of hydrogen-bond acceptors (Lipinski definition) is 7. The number of carbonyl (C=O) groups is 2. The molecule has 2 aliphatic heterocycles. The number of aliphatic hydroxyl groups excluding tert-OH is 1. The fraction of sp³-hybridized carbons (Fsp3) is 0.714. The van der Waals surface area contributed by atoms with Crippen LogP contribution >= 0.6 is 0 Å². The van der Waals surface area contributed by atoms with Crippen molar-refractivity contribution in [1.29, 1.82) is 0 Å². The lowest BCUT2D eigenvalue weighted by atomic mass is 10.2. The maximum Gasteiger partial charge on any atom is 0.378 e. The van der Waals surface area contributed by atoms with Gasteiger partial charge in [-0.1, -0.05) is 13.3 Å². The maximum atomic E-state index is 11.7.